The second-order valence-corrected chi connectivity index (χ2v) is 51.7. The molecule has 5 amide bonds. The third-order valence-corrected chi connectivity index (χ3v) is 40.4. The molecule has 0 bridgehead atoms. The van der Waals surface area contributed by atoms with Crippen LogP contribution in [0.1, 0.15) is 89.6 Å². The monoisotopic (exact) mass is 2460 g/mol. The predicted molar refractivity (Wildman–Crippen MR) is 566 cm³/mol. The Morgan fingerprint density at radius 3 is 1.18 bits per heavy atom. The molecule has 0 saturated heterocycles. The molecule has 0 aliphatic carbocycles. The fourth-order valence-electron chi connectivity index (χ4n) is 13.0. The van der Waals surface area contributed by atoms with Gasteiger partial charge in [-0.3, -0.25) is 48.9 Å². The number of alkyl halides is 3. The van der Waals surface area contributed by atoms with Crippen molar-refractivity contribution in [3.8, 4) is 6.07 Å². The van der Waals surface area contributed by atoms with Gasteiger partial charge in [-0.2, -0.15) is 18.4 Å². The van der Waals surface area contributed by atoms with Crippen LogP contribution in [0.2, 0.25) is 50.2 Å². The highest BCUT2D eigenvalue weighted by Crippen LogP contribution is 2.50. The number of nitriles is 1. The van der Waals surface area contributed by atoms with Crippen molar-refractivity contribution in [1.29, 1.82) is 5.26 Å². The Hall–Kier alpha value is -11.9. The average Bonchev–Trinajstić information content (AvgIpc) is 1.64. The number of benzene rings is 5. The van der Waals surface area contributed by atoms with Gasteiger partial charge in [-0.15, -0.1) is 27.7 Å². The van der Waals surface area contributed by atoms with Gasteiger partial charge in [0.05, 0.1) is 115 Å². The minimum Gasteiger partial charge on any atom is -0.426 e. The summed E-state index contributed by atoms with van der Waals surface area (Å²) in [7, 11) is -17.5. The first-order valence-corrected chi connectivity index (χ1v) is 58.6. The highest BCUT2D eigenvalue weighted by atomic mass is 35.5. The molecule has 0 unspecified atom stereocenters. The van der Waals surface area contributed by atoms with Crippen molar-refractivity contribution in [2.75, 3.05) is 32.3 Å². The van der Waals surface area contributed by atoms with Crippen LogP contribution in [-0.2, 0) is 61.8 Å². The van der Waals surface area contributed by atoms with Gasteiger partial charge in [0.2, 0.25) is 45.1 Å². The molecule has 15 aromatic rings. The SMILES string of the molecule is N#Cc1nc(Sc2c(Cl)cncc2Cl)sc1C(=O)Nc1ccc2c(c1)S(=O)(=O)C=C2.O=C(Nc1ccc2c(c1)S(=O)(=O)C=C2)c1cnc(Sc2c(Cl)cncc2Cl)o1.O=C(Nc1ccc2c(c1)S(=O)(=O)C=C2)c1sc(Sc2c(Cl)cncc2Cl)nc1C(F)(F)F.[C-]#[N+]c1nc(C(=O)Nc2ccc3c(c2)S(=O)(=O)C=C3)oc1Sc1c(Cl)cncc1Cl.[C-]#[N+]c1nc(C(=O)Nc2ccc3c(c2)S(=O)(=O)CC3)sc1Sc1c(Cl)cncc1Cl. The number of nitrogens with one attached hydrogen (secondary N) is 5. The Bertz CT molecular complexity index is 8890. The van der Waals surface area contributed by atoms with Gasteiger partial charge in [-0.1, -0.05) is 223 Å². The number of carbonyl (C=O) groups excluding carboxylic acids is 5. The lowest BCUT2D eigenvalue weighted by molar-refractivity contribution is -0.141. The molecule has 5 aliphatic rings. The van der Waals surface area contributed by atoms with E-state index in [4.69, 9.17) is 138 Å². The minimum atomic E-state index is -4.90. The van der Waals surface area contributed by atoms with Gasteiger partial charge in [-0.05, 0) is 131 Å². The summed E-state index contributed by atoms with van der Waals surface area (Å²) in [5.74, 6) is -3.97. The zero-order valence-electron chi connectivity index (χ0n) is 73.0. The highest BCUT2D eigenvalue weighted by Gasteiger charge is 2.41. The fraction of sp³-hybridized carbons (Fsp3) is 0.0337. The first-order chi connectivity index (χ1) is 71.1. The highest BCUT2D eigenvalue weighted by molar-refractivity contribution is 8.02. The molecule has 0 atom stereocenters. The van der Waals surface area contributed by atoms with Crippen LogP contribution < -0.4 is 26.6 Å². The van der Waals surface area contributed by atoms with Crippen LogP contribution in [0.4, 0.5) is 53.2 Å². The zero-order chi connectivity index (χ0) is 108. The Balaban J connectivity index is 0.000000134. The topological polar surface area (TPSA) is 504 Å². The van der Waals surface area contributed by atoms with Crippen LogP contribution in [0, 0.1) is 24.5 Å². The van der Waals surface area contributed by atoms with E-state index in [0.29, 0.717) is 110 Å². The number of carbonyl (C=O) groups is 5. The van der Waals surface area contributed by atoms with Gasteiger partial charge in [0.1, 0.15) is 15.8 Å². The molecule has 20 rings (SSSR count). The molecular weight excluding hydrogens is 2420 g/mol. The fourth-order valence-corrected chi connectivity index (χ4v) is 29.9. The number of aryl methyl sites for hydroxylation is 1. The van der Waals surface area contributed by atoms with Crippen molar-refractivity contribution < 1.29 is 88.1 Å². The average molecular weight is 2460 g/mol. The first-order valence-electron chi connectivity index (χ1n) is 40.4. The van der Waals surface area contributed by atoms with Crippen LogP contribution in [0.3, 0.4) is 0 Å². The molecule has 0 radical (unpaired) electrons. The molecule has 150 heavy (non-hydrogen) atoms. The summed E-state index contributed by atoms with van der Waals surface area (Å²) in [6.45, 7) is 14.6. The molecular formula is C89H43Cl10F3N18O17S13. The maximum atomic E-state index is 13.5. The molecule has 61 heteroatoms. The molecule has 0 fully saturated rings. The molecule has 5 aliphatic heterocycles. The summed E-state index contributed by atoms with van der Waals surface area (Å²) < 4.78 is 172. The van der Waals surface area contributed by atoms with Gasteiger partial charge in [0.25, 0.3) is 33.8 Å². The van der Waals surface area contributed by atoms with E-state index < -0.39 is 95.5 Å². The number of anilines is 5. The summed E-state index contributed by atoms with van der Waals surface area (Å²) in [6, 6.07) is 24.3. The number of sulfone groups is 5. The number of amides is 5. The van der Waals surface area contributed by atoms with Gasteiger partial charge < -0.3 is 45.1 Å². The van der Waals surface area contributed by atoms with Crippen LogP contribution in [0.5, 0.6) is 0 Å². The zero-order valence-corrected chi connectivity index (χ0v) is 91.2. The molecule has 0 spiro atoms. The van der Waals surface area contributed by atoms with E-state index in [1.807, 2.05) is 6.07 Å². The van der Waals surface area contributed by atoms with Crippen LogP contribution >= 0.6 is 209 Å². The predicted octanol–water partition coefficient (Wildman–Crippen LogP) is 25.7. The van der Waals surface area contributed by atoms with E-state index in [-0.39, 0.29) is 126 Å². The quantitative estimate of drug-likeness (QED) is 0.0442. The Kier molecular flexibility index (Phi) is 33.9. The molecule has 5 N–H and O–H groups in total. The molecule has 0 saturated carbocycles. The summed E-state index contributed by atoms with van der Waals surface area (Å²) in [5, 5.41) is 29.3. The number of rotatable bonds is 20. The van der Waals surface area contributed by atoms with Crippen molar-refractivity contribution in [2.45, 2.75) is 84.8 Å². The standard InChI is InChI=1S/C18H8Cl2F3N3O3S3.C18H8Cl2N4O4S2.C18H10Cl2N4O3S3.C18H8Cl2N4O3S3.C17H9Cl2N3O4S2/c19-10-6-24-7-11(20)13(10)30-17-26-15(18(21,22)23)14(31-17)16(27)25-9-2-1-8-3-4-32(28,29)12(8)5-9;1-21-15-18(29-14-11(19)7-22-8-12(14)20)28-17(24-15)16(25)23-10-3-2-9-4-5-30(26,27)13(9)6-10;1-21-15-18(28-14-11(19)7-22-8-12(14)20)29-17(24-15)16(25)23-10-3-2-9-4-5-30(26,27)13(9)6-10;19-11-7-22-8-12(20)15(11)28-18-24-13(6-21)16(29-18)17(25)23-10-2-1-9-3-4-30(26,27)14(9)5-10;18-11-6-20-7-12(19)15(11)27-17-21-8-13(26-17)16(23)22-10-2-1-9-3-4-28(24,25)14(9)5-10/h1-7H,(H,25,27);2-8H,(H,23,25);2-3,6-8H,4-5H2,(H,23,25);1-5,7-8H,(H,23,25);1-8H,(H,22,23). The smallest absolute Gasteiger partial charge is 0.426 e. The lowest BCUT2D eigenvalue weighted by atomic mass is 10.1. The number of hydrogen-bond acceptors (Lipinski definition) is 36. The lowest BCUT2D eigenvalue weighted by Crippen LogP contribution is -2.17. The van der Waals surface area contributed by atoms with E-state index in [9.17, 15) is 84.5 Å². The van der Waals surface area contributed by atoms with Gasteiger partial charge in [-0.25, -0.2) is 57.0 Å². The van der Waals surface area contributed by atoms with Crippen LogP contribution in [0.15, 0.2) is 262 Å². The number of thiazole rings is 3. The summed E-state index contributed by atoms with van der Waals surface area (Å²) in [5.41, 5.74) is 2.60. The Morgan fingerprint density at radius 1 is 0.407 bits per heavy atom. The molecule has 10 aromatic heterocycles. The summed E-state index contributed by atoms with van der Waals surface area (Å²) in [4.78, 5) is 111. The number of halogens is 13. The number of nitrogens with zero attached hydrogens (tertiary/aromatic N) is 13. The van der Waals surface area contributed by atoms with Crippen molar-refractivity contribution in [2.24, 2.45) is 0 Å². The third-order valence-electron chi connectivity index (χ3n) is 19.8. The maximum Gasteiger partial charge on any atom is 0.435 e. The molecule has 5 aromatic carbocycles. The Morgan fingerprint density at radius 2 is 0.767 bits per heavy atom. The molecule has 35 nitrogen and oxygen atoms in total. The van der Waals surface area contributed by atoms with Crippen molar-refractivity contribution >= 4 is 352 Å². The van der Waals surface area contributed by atoms with Crippen molar-refractivity contribution in [3.05, 3.63) is 319 Å². The van der Waals surface area contributed by atoms with Gasteiger partial charge in [0, 0.05) is 112 Å². The summed E-state index contributed by atoms with van der Waals surface area (Å²) >= 11 is 68.3. The van der Waals surface area contributed by atoms with Gasteiger partial charge >= 0.3 is 29.7 Å². The van der Waals surface area contributed by atoms with Crippen molar-refractivity contribution in [3.63, 3.8) is 0 Å². The van der Waals surface area contributed by atoms with Crippen molar-refractivity contribution in [1.82, 2.24) is 49.8 Å². The number of oxazole rings is 2. The minimum absolute atomic E-state index is 0.0250. The van der Waals surface area contributed by atoms with Crippen LogP contribution in [0.25, 0.3) is 34.0 Å². The largest absolute Gasteiger partial charge is 0.435 e. The summed E-state index contributed by atoms with van der Waals surface area (Å²) in [6.07, 6.45) is 16.6. The van der Waals surface area contributed by atoms with E-state index >= 15 is 0 Å². The van der Waals surface area contributed by atoms with E-state index in [1.54, 1.807) is 48.5 Å². The number of aromatic nitrogens is 10. The number of fused-ring (bicyclic) bond motifs is 5. The normalized spacial score (nSPS) is 14.0. The van der Waals surface area contributed by atoms with E-state index in [2.05, 4.69) is 86.1 Å². The first kappa shape index (κ1) is 111. The van der Waals surface area contributed by atoms with Crippen LogP contribution in [-0.4, -0.2) is 127 Å². The number of pyridine rings is 5. The second kappa shape index (κ2) is 46.0. The van der Waals surface area contributed by atoms with E-state index in [0.717, 1.165) is 109 Å². The molecule has 760 valence electrons. The maximum absolute atomic E-state index is 13.5. The lowest BCUT2D eigenvalue weighted by Gasteiger charge is -2.08. The van der Waals surface area contributed by atoms with Gasteiger partial charge in [0.15, 0.2) is 35.0 Å². The second-order valence-electron chi connectivity index (χ2n) is 29.6. The molecule has 15 heterocycles. The van der Waals surface area contributed by atoms with E-state index in [1.165, 1.54) is 135 Å². The Labute approximate surface area is 928 Å². The third kappa shape index (κ3) is 25.5. The number of hydrogen-bond donors (Lipinski definition) is 5.